The Kier molecular flexibility index (Phi) is 9.40. The Morgan fingerprint density at radius 2 is 1.46 bits per heavy atom. The minimum absolute atomic E-state index is 0.500. The molecule has 4 aliphatic rings. The second-order valence-corrected chi connectivity index (χ2v) is 17.0. The maximum atomic E-state index is 4.28. The lowest BCUT2D eigenvalue weighted by atomic mass is 9.67. The fraction of sp³-hybridized carbons (Fsp3) is 0.478. The number of aryl methyl sites for hydroxylation is 2. The predicted molar refractivity (Wildman–Crippen MR) is 202 cm³/mol. The number of rotatable bonds is 6. The Labute approximate surface area is 281 Å². The van der Waals surface area contributed by atoms with Gasteiger partial charge in [0.2, 0.25) is 0 Å². The van der Waals surface area contributed by atoms with E-state index in [2.05, 4.69) is 123 Å². The normalized spacial score (nSPS) is 22.2. The predicted octanol–water partition coefficient (Wildman–Crippen LogP) is 13.3. The van der Waals surface area contributed by atoms with Gasteiger partial charge in [0.25, 0.3) is 0 Å². The summed E-state index contributed by atoms with van der Waals surface area (Å²) in [5.41, 5.74) is 19.2. The van der Waals surface area contributed by atoms with Gasteiger partial charge in [0.05, 0.1) is 0 Å². The van der Waals surface area contributed by atoms with E-state index in [1.54, 1.807) is 16.7 Å². The summed E-state index contributed by atoms with van der Waals surface area (Å²) in [7, 11) is 0. The number of hydrogen-bond acceptors (Lipinski definition) is 0. The summed E-state index contributed by atoms with van der Waals surface area (Å²) >= 11 is 0. The molecule has 0 saturated heterocycles. The second-order valence-electron chi connectivity index (χ2n) is 17.0. The zero-order chi connectivity index (χ0) is 32.7. The maximum absolute atomic E-state index is 4.28. The molecule has 4 aliphatic carbocycles. The summed E-state index contributed by atoms with van der Waals surface area (Å²) < 4.78 is 0. The van der Waals surface area contributed by atoms with Crippen LogP contribution >= 0.6 is 0 Å². The van der Waals surface area contributed by atoms with Gasteiger partial charge in [-0.1, -0.05) is 126 Å². The topological polar surface area (TPSA) is 0 Å². The molecule has 242 valence electrons. The molecule has 1 unspecified atom stereocenters. The number of fused-ring (bicyclic) bond motifs is 2. The van der Waals surface area contributed by atoms with Crippen molar-refractivity contribution in [1.29, 1.82) is 0 Å². The first-order valence-electron chi connectivity index (χ1n) is 18.3. The summed E-state index contributed by atoms with van der Waals surface area (Å²) in [4.78, 5) is 0. The zero-order valence-electron chi connectivity index (χ0n) is 30.2. The molecule has 0 radical (unpaired) electrons. The van der Waals surface area contributed by atoms with Gasteiger partial charge in [-0.05, 0) is 150 Å². The summed E-state index contributed by atoms with van der Waals surface area (Å²) in [5, 5.41) is 0. The van der Waals surface area contributed by atoms with E-state index in [0.29, 0.717) is 11.3 Å². The summed E-state index contributed by atoms with van der Waals surface area (Å²) in [5.74, 6) is 3.34. The second kappa shape index (κ2) is 13.2. The number of allylic oxidation sites excluding steroid dienone is 4. The highest BCUT2D eigenvalue weighted by Crippen LogP contribution is 2.50. The average Bonchev–Trinajstić information content (AvgIpc) is 3.53. The average molecular weight is 611 g/mol. The lowest BCUT2D eigenvalue weighted by Crippen LogP contribution is -2.26. The molecular weight excluding hydrogens is 553 g/mol. The third-order valence-electron chi connectivity index (χ3n) is 11.0. The van der Waals surface area contributed by atoms with Gasteiger partial charge in [0.15, 0.2) is 0 Å². The van der Waals surface area contributed by atoms with Crippen molar-refractivity contribution in [1.82, 2.24) is 0 Å². The van der Waals surface area contributed by atoms with Crippen molar-refractivity contribution in [3.05, 3.63) is 111 Å². The Balaban J connectivity index is 0.000000692. The summed E-state index contributed by atoms with van der Waals surface area (Å²) in [6.07, 6.45) is 17.2. The van der Waals surface area contributed by atoms with Crippen molar-refractivity contribution in [3.63, 3.8) is 0 Å². The molecule has 3 aromatic rings. The van der Waals surface area contributed by atoms with Crippen LogP contribution in [0.5, 0.6) is 0 Å². The number of hydrogen-bond donors (Lipinski definition) is 0. The van der Waals surface area contributed by atoms with Gasteiger partial charge < -0.3 is 0 Å². The van der Waals surface area contributed by atoms with Gasteiger partial charge in [-0.25, -0.2) is 0 Å². The molecule has 3 aromatic carbocycles. The highest BCUT2D eigenvalue weighted by Gasteiger charge is 2.34. The molecule has 46 heavy (non-hydrogen) atoms. The highest BCUT2D eigenvalue weighted by atomic mass is 14.4. The third-order valence-corrected chi connectivity index (χ3v) is 11.0. The monoisotopic (exact) mass is 610 g/mol. The molecule has 0 heteroatoms. The smallest absolute Gasteiger partial charge is 0.000174 e. The van der Waals surface area contributed by atoms with E-state index in [1.807, 2.05) is 0 Å². The fourth-order valence-corrected chi connectivity index (χ4v) is 8.48. The van der Waals surface area contributed by atoms with E-state index in [1.165, 1.54) is 101 Å². The molecule has 0 spiro atoms. The minimum atomic E-state index is 0.500. The lowest BCUT2D eigenvalue weighted by molar-refractivity contribution is 0.150. The lowest BCUT2D eigenvalue weighted by Gasteiger charge is -2.39. The van der Waals surface area contributed by atoms with Crippen molar-refractivity contribution in [2.24, 2.45) is 23.2 Å². The standard InChI is InChI=1S/C41H46.C5H12/c1-25(2)19-37-27(4)20-35-22-34(24-39(35)41(37)32-11-9-26(3)10-12-32)33-17-18-36-28(5)21-38(40(36)23-33)31-15-13-30(14-16-31)29-7-6-8-29;1-5(2,3)4/h9-12,17-18,20-23,28-31H,1,6-8,13-16,19,24H2,2-5H3;1-4H3. The molecule has 2 saturated carbocycles. The van der Waals surface area contributed by atoms with E-state index in [0.717, 1.165) is 30.6 Å². The van der Waals surface area contributed by atoms with Crippen LogP contribution in [0.2, 0.25) is 0 Å². The van der Waals surface area contributed by atoms with Crippen molar-refractivity contribution in [2.75, 3.05) is 0 Å². The third kappa shape index (κ3) is 7.07. The molecule has 7 rings (SSSR count). The quantitative estimate of drug-likeness (QED) is 0.244. The van der Waals surface area contributed by atoms with Gasteiger partial charge in [-0.2, -0.15) is 0 Å². The Morgan fingerprint density at radius 3 is 2.07 bits per heavy atom. The number of benzene rings is 3. The summed E-state index contributed by atoms with van der Waals surface area (Å²) in [6.45, 7) is 22.1. The summed E-state index contributed by atoms with van der Waals surface area (Å²) in [6, 6.07) is 19.0. The fourth-order valence-electron chi connectivity index (χ4n) is 8.48. The van der Waals surface area contributed by atoms with Crippen LogP contribution in [0, 0.1) is 37.0 Å². The van der Waals surface area contributed by atoms with Crippen molar-refractivity contribution in [3.8, 4) is 11.1 Å². The van der Waals surface area contributed by atoms with Crippen LogP contribution in [0.25, 0.3) is 28.3 Å². The van der Waals surface area contributed by atoms with Crippen LogP contribution in [0.4, 0.5) is 0 Å². The van der Waals surface area contributed by atoms with Crippen LogP contribution in [0.3, 0.4) is 0 Å². The van der Waals surface area contributed by atoms with Crippen molar-refractivity contribution >= 4 is 17.2 Å². The first kappa shape index (κ1) is 32.8. The molecule has 1 atom stereocenters. The molecule has 0 bridgehead atoms. The van der Waals surface area contributed by atoms with E-state index < -0.39 is 0 Å². The Morgan fingerprint density at radius 1 is 0.826 bits per heavy atom. The molecule has 0 N–H and O–H groups in total. The van der Waals surface area contributed by atoms with E-state index in [-0.39, 0.29) is 0 Å². The highest BCUT2D eigenvalue weighted by molar-refractivity contribution is 5.94. The molecule has 0 amide bonds. The van der Waals surface area contributed by atoms with Crippen molar-refractivity contribution in [2.45, 2.75) is 119 Å². The first-order chi connectivity index (χ1) is 21.9. The first-order valence-corrected chi connectivity index (χ1v) is 18.3. The van der Waals surface area contributed by atoms with E-state index in [4.69, 9.17) is 0 Å². The Bertz CT molecular complexity index is 1650. The largest absolute Gasteiger partial charge is 0.0998 e. The maximum Gasteiger partial charge on any atom is 0.000174 e. The van der Waals surface area contributed by atoms with Crippen LogP contribution < -0.4 is 0 Å². The molecular formula is C46H58. The van der Waals surface area contributed by atoms with Crippen molar-refractivity contribution < 1.29 is 0 Å². The van der Waals surface area contributed by atoms with Crippen LogP contribution in [0.15, 0.2) is 66.8 Å². The van der Waals surface area contributed by atoms with E-state index in [9.17, 15) is 0 Å². The SMILES string of the molecule is C=C(C)Cc1c(C)cc2c(c1-c1ccc(C)cc1)CC(c1ccc3c(c1)C(C1CCC(C4CCC4)CC1)=CC3C)=C2.CC(C)(C)C. The molecule has 0 aliphatic heterocycles. The van der Waals surface area contributed by atoms with E-state index >= 15 is 0 Å². The Hall–Kier alpha value is -3.12. The van der Waals surface area contributed by atoms with Gasteiger partial charge >= 0.3 is 0 Å². The van der Waals surface area contributed by atoms with Crippen LogP contribution in [-0.4, -0.2) is 0 Å². The van der Waals surface area contributed by atoms with Gasteiger partial charge in [0, 0.05) is 5.92 Å². The van der Waals surface area contributed by atoms with Crippen LogP contribution in [-0.2, 0) is 12.8 Å². The minimum Gasteiger partial charge on any atom is -0.0998 e. The zero-order valence-corrected chi connectivity index (χ0v) is 30.2. The molecule has 0 heterocycles. The van der Waals surface area contributed by atoms with Gasteiger partial charge in [-0.3, -0.25) is 0 Å². The molecule has 0 aromatic heterocycles. The van der Waals surface area contributed by atoms with Gasteiger partial charge in [0.1, 0.15) is 0 Å². The van der Waals surface area contributed by atoms with Gasteiger partial charge in [-0.15, -0.1) is 0 Å². The molecule has 2 fully saturated rings. The molecule has 0 nitrogen and oxygen atoms in total. The van der Waals surface area contributed by atoms with Crippen LogP contribution in [0.1, 0.15) is 137 Å².